The van der Waals surface area contributed by atoms with Gasteiger partial charge in [0.1, 0.15) is 12.1 Å². The van der Waals surface area contributed by atoms with Gasteiger partial charge in [-0.25, -0.2) is 9.97 Å². The van der Waals surface area contributed by atoms with Gasteiger partial charge < -0.3 is 10.6 Å². The van der Waals surface area contributed by atoms with E-state index >= 15 is 0 Å². The summed E-state index contributed by atoms with van der Waals surface area (Å²) in [5.41, 5.74) is 1.12. The average molecular weight is 246 g/mol. The van der Waals surface area contributed by atoms with E-state index in [1.54, 1.807) is 6.33 Å². The predicted molar refractivity (Wildman–Crippen MR) is 72.7 cm³/mol. The Hall–Kier alpha value is -1.16. The number of nitrogens with one attached hydrogen (secondary N) is 2. The summed E-state index contributed by atoms with van der Waals surface area (Å²) in [7, 11) is 0. The zero-order valence-corrected chi connectivity index (χ0v) is 11.2. The van der Waals surface area contributed by atoms with Gasteiger partial charge in [0.25, 0.3) is 0 Å². The number of fused-ring (bicyclic) bond motifs is 2. The molecule has 2 aliphatic heterocycles. The van der Waals surface area contributed by atoms with Crippen molar-refractivity contribution in [1.29, 1.82) is 0 Å². The molecule has 3 rings (SSSR count). The minimum Gasteiger partial charge on any atom is -0.367 e. The van der Waals surface area contributed by atoms with Gasteiger partial charge in [-0.15, -0.1) is 0 Å². The third kappa shape index (κ3) is 2.48. The molecule has 18 heavy (non-hydrogen) atoms. The highest BCUT2D eigenvalue weighted by Gasteiger charge is 2.33. The van der Waals surface area contributed by atoms with E-state index in [4.69, 9.17) is 0 Å². The third-order valence-corrected chi connectivity index (χ3v) is 4.10. The SMILES string of the molecule is CC(C)c1cc(NC2CC3CCC(C2)N3)ncn1. The fraction of sp³-hybridized carbons (Fsp3) is 0.714. The number of piperidine rings is 1. The van der Waals surface area contributed by atoms with Crippen LogP contribution in [0.15, 0.2) is 12.4 Å². The zero-order valence-electron chi connectivity index (χ0n) is 11.2. The average Bonchev–Trinajstić information content (AvgIpc) is 2.69. The minimum absolute atomic E-state index is 0.456. The predicted octanol–water partition coefficient (Wildman–Crippen LogP) is 2.29. The van der Waals surface area contributed by atoms with Crippen molar-refractivity contribution >= 4 is 5.82 Å². The second-order valence-corrected chi connectivity index (χ2v) is 5.93. The van der Waals surface area contributed by atoms with Gasteiger partial charge in [-0.1, -0.05) is 13.8 Å². The molecule has 0 amide bonds. The second kappa shape index (κ2) is 4.84. The van der Waals surface area contributed by atoms with Crippen molar-refractivity contribution in [2.24, 2.45) is 0 Å². The van der Waals surface area contributed by atoms with Crippen LogP contribution in [-0.4, -0.2) is 28.1 Å². The lowest BCUT2D eigenvalue weighted by Crippen LogP contribution is -2.43. The van der Waals surface area contributed by atoms with Gasteiger partial charge in [0.05, 0.1) is 0 Å². The molecule has 1 aromatic rings. The van der Waals surface area contributed by atoms with E-state index in [1.165, 1.54) is 25.7 Å². The minimum atomic E-state index is 0.456. The fourth-order valence-corrected chi connectivity index (χ4v) is 3.15. The van der Waals surface area contributed by atoms with E-state index in [-0.39, 0.29) is 0 Å². The fourth-order valence-electron chi connectivity index (χ4n) is 3.15. The van der Waals surface area contributed by atoms with Gasteiger partial charge in [-0.2, -0.15) is 0 Å². The first-order chi connectivity index (χ1) is 8.70. The van der Waals surface area contributed by atoms with Crippen molar-refractivity contribution in [1.82, 2.24) is 15.3 Å². The molecule has 2 saturated heterocycles. The summed E-state index contributed by atoms with van der Waals surface area (Å²) >= 11 is 0. The molecule has 0 saturated carbocycles. The van der Waals surface area contributed by atoms with E-state index in [0.29, 0.717) is 24.0 Å². The van der Waals surface area contributed by atoms with Crippen LogP contribution in [0.2, 0.25) is 0 Å². The molecule has 4 heteroatoms. The molecule has 2 bridgehead atoms. The van der Waals surface area contributed by atoms with E-state index in [1.807, 2.05) is 0 Å². The Bertz CT molecular complexity index is 406. The molecule has 98 valence electrons. The highest BCUT2D eigenvalue weighted by Crippen LogP contribution is 2.28. The lowest BCUT2D eigenvalue weighted by molar-refractivity contribution is 0.377. The standard InChI is InChI=1S/C14H22N4/c1-9(2)13-7-14(16-8-15-13)18-12-5-10-3-4-11(6-12)17-10/h7-12,17H,3-6H2,1-2H3,(H,15,16,18). The van der Waals surface area contributed by atoms with E-state index in [2.05, 4.69) is 40.5 Å². The lowest BCUT2D eigenvalue weighted by Gasteiger charge is -2.30. The van der Waals surface area contributed by atoms with Crippen LogP contribution in [0, 0.1) is 0 Å². The number of hydrogen-bond donors (Lipinski definition) is 2. The topological polar surface area (TPSA) is 49.8 Å². The monoisotopic (exact) mass is 246 g/mol. The molecule has 0 aromatic carbocycles. The maximum atomic E-state index is 4.34. The first-order valence-corrected chi connectivity index (χ1v) is 7.05. The highest BCUT2D eigenvalue weighted by atomic mass is 15.1. The smallest absolute Gasteiger partial charge is 0.129 e. The molecular weight excluding hydrogens is 224 g/mol. The summed E-state index contributed by atoms with van der Waals surface area (Å²) in [4.78, 5) is 8.65. The molecule has 0 aliphatic carbocycles. The first-order valence-electron chi connectivity index (χ1n) is 7.05. The number of rotatable bonds is 3. The number of aromatic nitrogens is 2. The van der Waals surface area contributed by atoms with Crippen LogP contribution in [0.25, 0.3) is 0 Å². The third-order valence-electron chi connectivity index (χ3n) is 4.10. The Kier molecular flexibility index (Phi) is 3.20. The highest BCUT2D eigenvalue weighted by molar-refractivity contribution is 5.37. The zero-order chi connectivity index (χ0) is 12.5. The quantitative estimate of drug-likeness (QED) is 0.859. The largest absolute Gasteiger partial charge is 0.367 e. The Morgan fingerprint density at radius 1 is 1.22 bits per heavy atom. The van der Waals surface area contributed by atoms with Crippen LogP contribution in [0.4, 0.5) is 5.82 Å². The number of nitrogens with zero attached hydrogens (tertiary/aromatic N) is 2. The van der Waals surface area contributed by atoms with Crippen molar-refractivity contribution in [3.05, 3.63) is 18.1 Å². The first kappa shape index (κ1) is 11.9. The Balaban J connectivity index is 1.67. The van der Waals surface area contributed by atoms with Crippen LogP contribution in [0.3, 0.4) is 0 Å². The Labute approximate surface area is 109 Å². The molecule has 0 spiro atoms. The number of anilines is 1. The van der Waals surface area contributed by atoms with Crippen LogP contribution < -0.4 is 10.6 Å². The van der Waals surface area contributed by atoms with E-state index in [9.17, 15) is 0 Å². The van der Waals surface area contributed by atoms with Crippen molar-refractivity contribution in [3.63, 3.8) is 0 Å². The molecule has 2 atom stereocenters. The lowest BCUT2D eigenvalue weighted by atomic mass is 10.00. The summed E-state index contributed by atoms with van der Waals surface area (Å²) in [5.74, 6) is 1.44. The second-order valence-electron chi connectivity index (χ2n) is 5.93. The van der Waals surface area contributed by atoms with Crippen LogP contribution in [0.5, 0.6) is 0 Å². The molecule has 4 nitrogen and oxygen atoms in total. The molecule has 2 unspecified atom stereocenters. The summed E-state index contributed by atoms with van der Waals surface area (Å²) < 4.78 is 0. The Morgan fingerprint density at radius 3 is 2.61 bits per heavy atom. The molecule has 3 heterocycles. The molecule has 2 aliphatic rings. The van der Waals surface area contributed by atoms with Crippen molar-refractivity contribution in [3.8, 4) is 0 Å². The summed E-state index contributed by atoms with van der Waals surface area (Å²) in [6.07, 6.45) is 6.79. The maximum Gasteiger partial charge on any atom is 0.129 e. The maximum absolute atomic E-state index is 4.34. The van der Waals surface area contributed by atoms with Crippen LogP contribution in [0.1, 0.15) is 51.1 Å². The van der Waals surface area contributed by atoms with Crippen molar-refractivity contribution in [2.45, 2.75) is 63.6 Å². The Morgan fingerprint density at radius 2 is 1.94 bits per heavy atom. The van der Waals surface area contributed by atoms with Crippen molar-refractivity contribution in [2.75, 3.05) is 5.32 Å². The molecular formula is C14H22N4. The summed E-state index contributed by atoms with van der Waals surface area (Å²) in [6, 6.07) is 4.09. The van der Waals surface area contributed by atoms with Gasteiger partial charge in [0.15, 0.2) is 0 Å². The van der Waals surface area contributed by atoms with Gasteiger partial charge in [0.2, 0.25) is 0 Å². The van der Waals surface area contributed by atoms with E-state index < -0.39 is 0 Å². The molecule has 2 N–H and O–H groups in total. The van der Waals surface area contributed by atoms with Gasteiger partial charge >= 0.3 is 0 Å². The van der Waals surface area contributed by atoms with Gasteiger partial charge in [0, 0.05) is 29.9 Å². The molecule has 0 radical (unpaired) electrons. The van der Waals surface area contributed by atoms with Gasteiger partial charge in [-0.3, -0.25) is 0 Å². The summed E-state index contributed by atoms with van der Waals surface area (Å²) in [6.45, 7) is 4.33. The van der Waals surface area contributed by atoms with Crippen LogP contribution >= 0.6 is 0 Å². The van der Waals surface area contributed by atoms with E-state index in [0.717, 1.165) is 11.5 Å². The van der Waals surface area contributed by atoms with Crippen molar-refractivity contribution < 1.29 is 0 Å². The van der Waals surface area contributed by atoms with Crippen LogP contribution in [-0.2, 0) is 0 Å². The van der Waals surface area contributed by atoms with Gasteiger partial charge in [-0.05, 0) is 31.6 Å². The number of hydrogen-bond acceptors (Lipinski definition) is 4. The normalized spacial score (nSPS) is 30.7. The molecule has 2 fully saturated rings. The molecule has 1 aromatic heterocycles. The summed E-state index contributed by atoms with van der Waals surface area (Å²) in [5, 5.41) is 7.25.